The van der Waals surface area contributed by atoms with Crippen LogP contribution in [0.4, 0.5) is 0 Å². The number of hydrogen-bond acceptors (Lipinski definition) is 5. The van der Waals surface area contributed by atoms with E-state index in [2.05, 4.69) is 0 Å². The van der Waals surface area contributed by atoms with Crippen molar-refractivity contribution >= 4 is 19.9 Å². The second-order valence-corrected chi connectivity index (χ2v) is 9.76. The van der Waals surface area contributed by atoms with Crippen LogP contribution in [0.15, 0.2) is 0 Å². The molecule has 2 N–H and O–H groups in total. The monoisotopic (exact) mass is 312 g/mol. The number of sulfone groups is 1. The molecule has 0 bridgehead atoms. The fourth-order valence-corrected chi connectivity index (χ4v) is 6.78. The maximum atomic E-state index is 12.4. The highest BCUT2D eigenvalue weighted by Crippen LogP contribution is 2.36. The van der Waals surface area contributed by atoms with E-state index in [0.717, 1.165) is 19.1 Å². The fraction of sp³-hybridized carbons (Fsp3) is 1.00. The molecular weight excluding hydrogens is 288 g/mol. The summed E-state index contributed by atoms with van der Waals surface area (Å²) in [5.41, 5.74) is 5.22. The number of nitrogens with zero attached hydrogens (tertiary/aromatic N) is 1. The zero-order chi connectivity index (χ0) is 14.7. The van der Waals surface area contributed by atoms with E-state index in [1.54, 1.807) is 0 Å². The lowest BCUT2D eigenvalue weighted by Crippen LogP contribution is -2.55. The van der Waals surface area contributed by atoms with Crippen LogP contribution in [0.25, 0.3) is 0 Å². The van der Waals surface area contributed by atoms with Crippen LogP contribution in [-0.2, 0) is 19.9 Å². The lowest BCUT2D eigenvalue weighted by molar-refractivity contribution is 0.198. The summed E-state index contributed by atoms with van der Waals surface area (Å²) in [5.74, 6) is 0. The van der Waals surface area contributed by atoms with Crippen molar-refractivity contribution in [3.05, 3.63) is 0 Å². The fourth-order valence-electron chi connectivity index (χ4n) is 2.80. The van der Waals surface area contributed by atoms with Crippen LogP contribution in [-0.4, -0.2) is 51.1 Å². The molecule has 1 saturated carbocycles. The molecule has 0 aliphatic heterocycles. The average molecular weight is 312 g/mol. The Hall–Kier alpha value is -0.180. The van der Waals surface area contributed by atoms with Crippen molar-refractivity contribution in [3.8, 4) is 0 Å². The van der Waals surface area contributed by atoms with Crippen molar-refractivity contribution in [2.75, 3.05) is 24.4 Å². The van der Waals surface area contributed by atoms with E-state index in [1.165, 1.54) is 4.31 Å². The minimum atomic E-state index is -3.83. The molecule has 6 nitrogen and oxygen atoms in total. The summed E-state index contributed by atoms with van der Waals surface area (Å²) in [4.78, 5) is 0. The Balaban J connectivity index is 3.12. The van der Waals surface area contributed by atoms with Crippen LogP contribution in [0.3, 0.4) is 0 Å². The van der Waals surface area contributed by atoms with E-state index in [0.29, 0.717) is 25.8 Å². The van der Waals surface area contributed by atoms with E-state index in [1.807, 2.05) is 6.92 Å². The summed E-state index contributed by atoms with van der Waals surface area (Å²) in [7, 11) is -7.41. The largest absolute Gasteiger partial charge is 0.329 e. The molecule has 0 aromatic rings. The number of hydrogen-bond donors (Lipinski definition) is 1. The quantitative estimate of drug-likeness (QED) is 0.729. The van der Waals surface area contributed by atoms with Gasteiger partial charge in [0.05, 0.1) is 0 Å². The molecule has 1 fully saturated rings. The van der Waals surface area contributed by atoms with Gasteiger partial charge in [0.1, 0.15) is 0 Å². The molecule has 0 atom stereocenters. The summed E-state index contributed by atoms with van der Waals surface area (Å²) in [5, 5.41) is -0.832. The first-order valence-corrected chi connectivity index (χ1v) is 10.2. The first-order chi connectivity index (χ1) is 8.67. The molecule has 8 heteroatoms. The Kier molecular flexibility index (Phi) is 5.39. The van der Waals surface area contributed by atoms with Gasteiger partial charge in [-0.15, -0.1) is 0 Å². The van der Waals surface area contributed by atoms with Crippen molar-refractivity contribution in [2.45, 2.75) is 44.6 Å². The first kappa shape index (κ1) is 16.9. The van der Waals surface area contributed by atoms with E-state index in [4.69, 9.17) is 5.73 Å². The van der Waals surface area contributed by atoms with Crippen molar-refractivity contribution in [3.63, 3.8) is 0 Å². The van der Waals surface area contributed by atoms with E-state index in [9.17, 15) is 16.8 Å². The zero-order valence-electron chi connectivity index (χ0n) is 11.6. The van der Waals surface area contributed by atoms with Gasteiger partial charge in [-0.2, -0.15) is 4.31 Å². The molecular formula is C11H24N2O4S2. The number of rotatable bonds is 7. The summed E-state index contributed by atoms with van der Waals surface area (Å²) >= 11 is 0. The molecule has 0 aromatic heterocycles. The van der Waals surface area contributed by atoms with Crippen molar-refractivity contribution in [1.29, 1.82) is 0 Å². The SMILES string of the molecule is CCCN(C1(CN)CCCC1)S(=O)(=O)CS(C)(=O)=O. The van der Waals surface area contributed by atoms with E-state index >= 15 is 0 Å². The van der Waals surface area contributed by atoms with Crippen LogP contribution < -0.4 is 5.73 Å². The van der Waals surface area contributed by atoms with Crippen molar-refractivity contribution in [1.82, 2.24) is 4.31 Å². The van der Waals surface area contributed by atoms with E-state index < -0.39 is 30.5 Å². The Labute approximate surface area is 116 Å². The molecule has 0 saturated heterocycles. The summed E-state index contributed by atoms with van der Waals surface area (Å²) in [6, 6.07) is 0. The topological polar surface area (TPSA) is 97.5 Å². The minimum absolute atomic E-state index is 0.246. The minimum Gasteiger partial charge on any atom is -0.329 e. The van der Waals surface area contributed by atoms with Crippen LogP contribution >= 0.6 is 0 Å². The lowest BCUT2D eigenvalue weighted by atomic mass is 9.98. The van der Waals surface area contributed by atoms with Crippen molar-refractivity contribution in [2.24, 2.45) is 5.73 Å². The molecule has 0 heterocycles. The molecule has 1 aliphatic rings. The Morgan fingerprint density at radius 3 is 2.05 bits per heavy atom. The van der Waals surface area contributed by atoms with Gasteiger partial charge in [0.2, 0.25) is 10.0 Å². The van der Waals surface area contributed by atoms with Gasteiger partial charge in [0, 0.05) is 24.9 Å². The summed E-state index contributed by atoms with van der Waals surface area (Å²) in [6.45, 7) is 2.45. The van der Waals surface area contributed by atoms with Gasteiger partial charge in [-0.3, -0.25) is 0 Å². The molecule has 1 rings (SSSR count). The van der Waals surface area contributed by atoms with Crippen LogP contribution in [0, 0.1) is 0 Å². The molecule has 0 radical (unpaired) electrons. The maximum absolute atomic E-state index is 12.4. The second kappa shape index (κ2) is 6.07. The Morgan fingerprint density at radius 2 is 1.68 bits per heavy atom. The van der Waals surface area contributed by atoms with Gasteiger partial charge < -0.3 is 5.73 Å². The predicted molar refractivity (Wildman–Crippen MR) is 75.9 cm³/mol. The van der Waals surface area contributed by atoms with Crippen LogP contribution in [0.5, 0.6) is 0 Å². The summed E-state index contributed by atoms with van der Waals surface area (Å²) < 4.78 is 48.8. The lowest BCUT2D eigenvalue weighted by Gasteiger charge is -2.39. The third-order valence-electron chi connectivity index (χ3n) is 3.57. The Bertz CT molecular complexity index is 493. The van der Waals surface area contributed by atoms with Crippen molar-refractivity contribution < 1.29 is 16.8 Å². The highest BCUT2D eigenvalue weighted by molar-refractivity contribution is 8.06. The first-order valence-electron chi connectivity index (χ1n) is 6.55. The molecule has 19 heavy (non-hydrogen) atoms. The highest BCUT2D eigenvalue weighted by atomic mass is 32.3. The third kappa shape index (κ3) is 4.14. The number of nitrogens with two attached hydrogens (primary N) is 1. The zero-order valence-corrected chi connectivity index (χ0v) is 13.3. The molecule has 0 unspecified atom stereocenters. The smallest absolute Gasteiger partial charge is 0.229 e. The molecule has 0 spiro atoms. The van der Waals surface area contributed by atoms with E-state index in [-0.39, 0.29) is 6.54 Å². The second-order valence-electron chi connectivity index (χ2n) is 5.36. The van der Waals surface area contributed by atoms with Gasteiger partial charge in [0.25, 0.3) is 0 Å². The van der Waals surface area contributed by atoms with Gasteiger partial charge in [-0.25, -0.2) is 16.8 Å². The van der Waals surface area contributed by atoms with Gasteiger partial charge in [0.15, 0.2) is 14.9 Å². The van der Waals surface area contributed by atoms with Crippen LogP contribution in [0.2, 0.25) is 0 Å². The van der Waals surface area contributed by atoms with Gasteiger partial charge in [-0.05, 0) is 19.3 Å². The van der Waals surface area contributed by atoms with Gasteiger partial charge >= 0.3 is 0 Å². The van der Waals surface area contributed by atoms with Gasteiger partial charge in [-0.1, -0.05) is 19.8 Å². The third-order valence-corrected chi connectivity index (χ3v) is 7.71. The maximum Gasteiger partial charge on any atom is 0.229 e. The molecule has 1 aliphatic carbocycles. The summed E-state index contributed by atoms with van der Waals surface area (Å²) in [6.07, 6.45) is 4.89. The average Bonchev–Trinajstić information content (AvgIpc) is 2.71. The van der Waals surface area contributed by atoms with Crippen LogP contribution in [0.1, 0.15) is 39.0 Å². The normalized spacial score (nSPS) is 20.0. The Morgan fingerprint density at radius 1 is 1.16 bits per heavy atom. The standard InChI is InChI=1S/C11H24N2O4S2/c1-3-8-13(11(9-12)6-4-5-7-11)19(16,17)10-18(2,14)15/h3-10,12H2,1-2H3. The molecule has 114 valence electrons. The molecule has 0 aromatic carbocycles. The number of sulfonamides is 1. The predicted octanol–water partition coefficient (Wildman–Crippen LogP) is 0.302. The molecule has 0 amide bonds. The highest BCUT2D eigenvalue weighted by Gasteiger charge is 2.44.